The lowest BCUT2D eigenvalue weighted by atomic mass is 10.0. The van der Waals surface area contributed by atoms with Gasteiger partial charge in [-0.05, 0) is 53.1 Å². The van der Waals surface area contributed by atoms with E-state index in [2.05, 4.69) is 52.3 Å². The molecule has 3 aromatic rings. The molecule has 3 atom stereocenters. The monoisotopic (exact) mass is 447 g/mol. The number of hydrogen-bond acceptors (Lipinski definition) is 6. The van der Waals surface area contributed by atoms with E-state index in [0.29, 0.717) is 0 Å². The Hall–Kier alpha value is -3.06. The van der Waals surface area contributed by atoms with E-state index in [1.807, 2.05) is 36.4 Å². The molecule has 174 valence electrons. The van der Waals surface area contributed by atoms with Crippen molar-refractivity contribution in [3.8, 4) is 17.2 Å². The van der Waals surface area contributed by atoms with Gasteiger partial charge in [-0.2, -0.15) is 0 Å². The van der Waals surface area contributed by atoms with Crippen LogP contribution < -0.4 is 30.2 Å². The van der Waals surface area contributed by atoms with Crippen LogP contribution in [0.1, 0.15) is 34.8 Å². The first kappa shape index (κ1) is 23.1. The van der Waals surface area contributed by atoms with E-state index >= 15 is 0 Å². The molecule has 1 saturated heterocycles. The molecule has 6 heteroatoms. The molecule has 3 unspecified atom stereocenters. The molecule has 0 aliphatic carbocycles. The van der Waals surface area contributed by atoms with Crippen molar-refractivity contribution in [2.24, 2.45) is 0 Å². The van der Waals surface area contributed by atoms with E-state index in [9.17, 15) is 0 Å². The fourth-order valence-electron chi connectivity index (χ4n) is 4.21. The number of hydrogen-bond donors (Lipinski definition) is 3. The zero-order chi connectivity index (χ0) is 23.0. The second-order valence-corrected chi connectivity index (χ2v) is 8.20. The Labute approximate surface area is 196 Å². The van der Waals surface area contributed by atoms with Gasteiger partial charge in [-0.15, -0.1) is 0 Å². The second kappa shape index (κ2) is 11.2. The van der Waals surface area contributed by atoms with Crippen LogP contribution in [0.25, 0.3) is 0 Å². The summed E-state index contributed by atoms with van der Waals surface area (Å²) in [6.45, 7) is 2.42. The van der Waals surface area contributed by atoms with Gasteiger partial charge in [-0.1, -0.05) is 36.4 Å². The minimum absolute atomic E-state index is 0.164. The van der Waals surface area contributed by atoms with Crippen LogP contribution in [0.5, 0.6) is 17.2 Å². The minimum Gasteiger partial charge on any atom is -0.497 e. The first-order valence-electron chi connectivity index (χ1n) is 11.3. The van der Waals surface area contributed by atoms with Crippen LogP contribution in [0, 0.1) is 0 Å². The van der Waals surface area contributed by atoms with Gasteiger partial charge in [0.05, 0.1) is 21.3 Å². The SMILES string of the molecule is COc1ccc(C2CNC(c3ccc(OC)cc3)CNC(c3ccc(OC)cc3)CN2)cc1. The van der Waals surface area contributed by atoms with E-state index in [0.717, 1.165) is 36.9 Å². The van der Waals surface area contributed by atoms with Crippen molar-refractivity contribution in [1.82, 2.24) is 16.0 Å². The van der Waals surface area contributed by atoms with E-state index in [4.69, 9.17) is 14.2 Å². The summed E-state index contributed by atoms with van der Waals surface area (Å²) in [6.07, 6.45) is 0. The van der Waals surface area contributed by atoms with Crippen molar-refractivity contribution in [1.29, 1.82) is 0 Å². The summed E-state index contributed by atoms with van der Waals surface area (Å²) in [5.41, 5.74) is 3.69. The van der Waals surface area contributed by atoms with Crippen LogP contribution in [-0.2, 0) is 0 Å². The summed E-state index contributed by atoms with van der Waals surface area (Å²) in [5, 5.41) is 11.3. The largest absolute Gasteiger partial charge is 0.497 e. The molecule has 0 saturated carbocycles. The maximum Gasteiger partial charge on any atom is 0.118 e. The Kier molecular flexibility index (Phi) is 7.83. The first-order valence-corrected chi connectivity index (χ1v) is 11.3. The third-order valence-corrected chi connectivity index (χ3v) is 6.26. The van der Waals surface area contributed by atoms with Gasteiger partial charge in [0.15, 0.2) is 0 Å². The molecular weight excluding hydrogens is 414 g/mol. The highest BCUT2D eigenvalue weighted by molar-refractivity contribution is 5.32. The number of methoxy groups -OCH3 is 3. The smallest absolute Gasteiger partial charge is 0.118 e. The Balaban J connectivity index is 1.59. The minimum atomic E-state index is 0.164. The average molecular weight is 448 g/mol. The van der Waals surface area contributed by atoms with Gasteiger partial charge in [0.1, 0.15) is 17.2 Å². The van der Waals surface area contributed by atoms with Gasteiger partial charge in [0.25, 0.3) is 0 Å². The second-order valence-electron chi connectivity index (χ2n) is 8.20. The molecule has 3 aromatic carbocycles. The first-order chi connectivity index (χ1) is 16.2. The van der Waals surface area contributed by atoms with E-state index in [1.165, 1.54) is 16.7 Å². The Morgan fingerprint density at radius 2 is 0.697 bits per heavy atom. The molecule has 6 nitrogen and oxygen atoms in total. The molecule has 0 aromatic heterocycles. The zero-order valence-electron chi connectivity index (χ0n) is 19.5. The Morgan fingerprint density at radius 1 is 0.455 bits per heavy atom. The maximum atomic E-state index is 5.34. The summed E-state index contributed by atoms with van der Waals surface area (Å²) in [6, 6.07) is 25.4. The van der Waals surface area contributed by atoms with Crippen molar-refractivity contribution in [2.45, 2.75) is 18.1 Å². The average Bonchev–Trinajstić information content (AvgIpc) is 3.00. The number of benzene rings is 3. The van der Waals surface area contributed by atoms with Gasteiger partial charge >= 0.3 is 0 Å². The van der Waals surface area contributed by atoms with Gasteiger partial charge < -0.3 is 30.2 Å². The van der Waals surface area contributed by atoms with Crippen LogP contribution in [0.3, 0.4) is 0 Å². The fraction of sp³-hybridized carbons (Fsp3) is 0.333. The lowest BCUT2D eigenvalue weighted by molar-refractivity contribution is 0.413. The van der Waals surface area contributed by atoms with E-state index in [1.54, 1.807) is 21.3 Å². The topological polar surface area (TPSA) is 63.8 Å². The Morgan fingerprint density at radius 3 is 0.909 bits per heavy atom. The molecule has 1 fully saturated rings. The lowest BCUT2D eigenvalue weighted by Gasteiger charge is -2.23. The van der Waals surface area contributed by atoms with Crippen molar-refractivity contribution in [2.75, 3.05) is 41.0 Å². The predicted molar refractivity (Wildman–Crippen MR) is 131 cm³/mol. The summed E-state index contributed by atoms with van der Waals surface area (Å²) < 4.78 is 16.0. The van der Waals surface area contributed by atoms with E-state index < -0.39 is 0 Å². The molecule has 0 radical (unpaired) electrons. The number of nitrogens with one attached hydrogen (secondary N) is 3. The maximum absolute atomic E-state index is 5.34. The third-order valence-electron chi connectivity index (χ3n) is 6.26. The van der Waals surface area contributed by atoms with Gasteiger partial charge in [0, 0.05) is 37.8 Å². The molecule has 0 spiro atoms. The van der Waals surface area contributed by atoms with Gasteiger partial charge in [-0.25, -0.2) is 0 Å². The molecule has 0 bridgehead atoms. The zero-order valence-corrected chi connectivity index (χ0v) is 19.5. The van der Waals surface area contributed by atoms with Crippen molar-refractivity contribution < 1.29 is 14.2 Å². The number of rotatable bonds is 6. The molecule has 33 heavy (non-hydrogen) atoms. The van der Waals surface area contributed by atoms with Crippen molar-refractivity contribution >= 4 is 0 Å². The highest BCUT2D eigenvalue weighted by atomic mass is 16.5. The van der Waals surface area contributed by atoms with Crippen LogP contribution in [0.15, 0.2) is 72.8 Å². The quantitative estimate of drug-likeness (QED) is 0.531. The van der Waals surface area contributed by atoms with Crippen molar-refractivity contribution in [3.05, 3.63) is 89.5 Å². The number of ether oxygens (including phenoxy) is 3. The van der Waals surface area contributed by atoms with Crippen LogP contribution in [0.4, 0.5) is 0 Å². The van der Waals surface area contributed by atoms with E-state index in [-0.39, 0.29) is 18.1 Å². The fourth-order valence-corrected chi connectivity index (χ4v) is 4.21. The summed E-state index contributed by atoms with van der Waals surface area (Å²) in [4.78, 5) is 0. The highest BCUT2D eigenvalue weighted by Gasteiger charge is 2.22. The van der Waals surface area contributed by atoms with Gasteiger partial charge in [0.2, 0.25) is 0 Å². The molecule has 1 aliphatic heterocycles. The standard InChI is InChI=1S/C27H33N3O3/c1-31-22-10-4-19(5-11-22)25-16-29-27(21-8-14-24(33-3)15-9-21)18-30-26(17-28-25)20-6-12-23(32-2)13-7-20/h4-15,25-30H,16-18H2,1-3H3. The lowest BCUT2D eigenvalue weighted by Crippen LogP contribution is -2.34. The van der Waals surface area contributed by atoms with Crippen LogP contribution in [-0.4, -0.2) is 41.0 Å². The molecular formula is C27H33N3O3. The summed E-state index contributed by atoms with van der Waals surface area (Å²) in [7, 11) is 5.08. The van der Waals surface area contributed by atoms with Crippen molar-refractivity contribution in [3.63, 3.8) is 0 Å². The van der Waals surface area contributed by atoms with Crippen LogP contribution >= 0.6 is 0 Å². The summed E-state index contributed by atoms with van der Waals surface area (Å²) >= 11 is 0. The highest BCUT2D eigenvalue weighted by Crippen LogP contribution is 2.24. The molecule has 4 rings (SSSR count). The molecule has 0 amide bonds. The summed E-state index contributed by atoms with van der Waals surface area (Å²) in [5.74, 6) is 2.59. The molecule has 1 aliphatic rings. The van der Waals surface area contributed by atoms with Gasteiger partial charge in [-0.3, -0.25) is 0 Å². The normalized spacial score (nSPS) is 21.4. The molecule has 1 heterocycles. The predicted octanol–water partition coefficient (Wildman–Crippen LogP) is 4.02. The van der Waals surface area contributed by atoms with Crippen LogP contribution in [0.2, 0.25) is 0 Å². The Bertz CT molecular complexity index is 847. The third kappa shape index (κ3) is 5.85. The molecule has 3 N–H and O–H groups in total.